The number of fused-ring (bicyclic) bond motifs is 1. The number of hydrogen-bond acceptors (Lipinski definition) is 4. The van der Waals surface area contributed by atoms with E-state index in [1.807, 2.05) is 38.1 Å². The Bertz CT molecular complexity index is 1370. The summed E-state index contributed by atoms with van der Waals surface area (Å²) in [5.74, 6) is 0.334. The van der Waals surface area contributed by atoms with Crippen LogP contribution in [0, 0.1) is 13.8 Å². The van der Waals surface area contributed by atoms with Crippen molar-refractivity contribution < 1.29 is 17.9 Å². The minimum Gasteiger partial charge on any atom is -0.410 e. The summed E-state index contributed by atoms with van der Waals surface area (Å²) in [6.45, 7) is 3.78. The van der Waals surface area contributed by atoms with E-state index in [-0.39, 0.29) is 4.90 Å². The number of ether oxygens (including phenoxy) is 1. The van der Waals surface area contributed by atoms with Crippen LogP contribution in [0.4, 0.5) is 4.79 Å². The van der Waals surface area contributed by atoms with Crippen molar-refractivity contribution in [2.45, 2.75) is 18.7 Å². The Labute approximate surface area is 174 Å². The minimum atomic E-state index is -3.74. The molecule has 0 aliphatic heterocycles. The van der Waals surface area contributed by atoms with E-state index < -0.39 is 16.1 Å². The van der Waals surface area contributed by atoms with Gasteiger partial charge in [0.15, 0.2) is 0 Å². The third-order valence-corrected chi connectivity index (χ3v) is 6.54. The Balaban J connectivity index is 1.84. The molecule has 0 bridgehead atoms. The van der Waals surface area contributed by atoms with Crippen LogP contribution in [0.1, 0.15) is 11.1 Å². The fourth-order valence-corrected chi connectivity index (χ4v) is 4.75. The normalized spacial score (nSPS) is 11.5. The zero-order chi connectivity index (χ0) is 21.5. The van der Waals surface area contributed by atoms with Crippen molar-refractivity contribution in [1.82, 2.24) is 3.97 Å². The van der Waals surface area contributed by atoms with Crippen LogP contribution in [0.3, 0.4) is 0 Å². The maximum Gasteiger partial charge on any atom is 0.409 e. The number of aromatic nitrogens is 1. The van der Waals surface area contributed by atoms with Crippen molar-refractivity contribution >= 4 is 27.0 Å². The highest BCUT2D eigenvalue weighted by molar-refractivity contribution is 7.90. The number of carbonyl (C=O) groups excluding carboxylic acids is 1. The molecule has 4 aromatic rings. The van der Waals surface area contributed by atoms with E-state index in [1.165, 1.54) is 3.97 Å². The zero-order valence-electron chi connectivity index (χ0n) is 16.5. The third kappa shape index (κ3) is 3.67. The van der Waals surface area contributed by atoms with Gasteiger partial charge in [-0.05, 0) is 66.9 Å². The predicted molar refractivity (Wildman–Crippen MR) is 116 cm³/mol. The molecule has 2 N–H and O–H groups in total. The average molecular weight is 420 g/mol. The number of carbonyl (C=O) groups is 1. The monoisotopic (exact) mass is 420 g/mol. The first-order chi connectivity index (χ1) is 14.2. The molecule has 1 aromatic heterocycles. The molecule has 7 heteroatoms. The lowest BCUT2D eigenvalue weighted by Gasteiger charge is -2.10. The number of nitrogens with two attached hydrogens (primary N) is 1. The number of aryl methyl sites for hydroxylation is 2. The van der Waals surface area contributed by atoms with E-state index in [2.05, 4.69) is 0 Å². The number of hydrogen-bond donors (Lipinski definition) is 1. The number of benzene rings is 3. The second-order valence-corrected chi connectivity index (χ2v) is 8.97. The van der Waals surface area contributed by atoms with E-state index in [9.17, 15) is 13.2 Å². The second-order valence-electron chi connectivity index (χ2n) is 7.16. The summed E-state index contributed by atoms with van der Waals surface area (Å²) in [6, 6.07) is 19.4. The Morgan fingerprint density at radius 2 is 1.60 bits per heavy atom. The standard InChI is InChI=1S/C23H20N2O4S/c1-15-3-7-21(8-4-15)30(27,28)25-10-9-17-5-6-18(14-22(17)25)19-11-16(2)12-20(13-19)29-23(24)26/h3-14H,1-2H3,(H2,24,26). The first kappa shape index (κ1) is 19.7. The van der Waals surface area contributed by atoms with Crippen LogP contribution in [0.15, 0.2) is 77.8 Å². The number of primary amides is 1. The van der Waals surface area contributed by atoms with Gasteiger partial charge in [-0.1, -0.05) is 35.9 Å². The van der Waals surface area contributed by atoms with Gasteiger partial charge in [0.25, 0.3) is 10.0 Å². The van der Waals surface area contributed by atoms with Gasteiger partial charge in [0.2, 0.25) is 0 Å². The molecule has 0 spiro atoms. The average Bonchev–Trinajstić information content (AvgIpc) is 3.11. The molecule has 6 nitrogen and oxygen atoms in total. The SMILES string of the molecule is Cc1ccc(S(=O)(=O)n2ccc3ccc(-c4cc(C)cc(OC(N)=O)c4)cc32)cc1. The van der Waals surface area contributed by atoms with E-state index >= 15 is 0 Å². The second kappa shape index (κ2) is 7.35. The largest absolute Gasteiger partial charge is 0.410 e. The van der Waals surface area contributed by atoms with Gasteiger partial charge < -0.3 is 10.5 Å². The van der Waals surface area contributed by atoms with Crippen LogP contribution in [0.25, 0.3) is 22.0 Å². The maximum absolute atomic E-state index is 13.2. The highest BCUT2D eigenvalue weighted by Gasteiger charge is 2.19. The van der Waals surface area contributed by atoms with Crippen molar-refractivity contribution in [1.29, 1.82) is 0 Å². The molecule has 30 heavy (non-hydrogen) atoms. The Morgan fingerprint density at radius 3 is 2.30 bits per heavy atom. The molecule has 0 radical (unpaired) electrons. The molecule has 0 aliphatic rings. The van der Waals surface area contributed by atoms with Crippen LogP contribution >= 0.6 is 0 Å². The van der Waals surface area contributed by atoms with Crippen LogP contribution < -0.4 is 10.5 Å². The molecular weight excluding hydrogens is 400 g/mol. The van der Waals surface area contributed by atoms with Crippen LogP contribution in [0.5, 0.6) is 5.75 Å². The summed E-state index contributed by atoms with van der Waals surface area (Å²) in [7, 11) is -3.74. The van der Waals surface area contributed by atoms with Crippen LogP contribution in [0.2, 0.25) is 0 Å². The molecule has 0 aliphatic carbocycles. The van der Waals surface area contributed by atoms with Gasteiger partial charge in [0, 0.05) is 11.6 Å². The number of amides is 1. The molecule has 0 saturated heterocycles. The lowest BCUT2D eigenvalue weighted by Crippen LogP contribution is -2.16. The van der Waals surface area contributed by atoms with Gasteiger partial charge in [-0.15, -0.1) is 0 Å². The summed E-state index contributed by atoms with van der Waals surface area (Å²) in [5, 5.41) is 0.802. The summed E-state index contributed by atoms with van der Waals surface area (Å²) in [6.07, 6.45) is 0.668. The highest BCUT2D eigenvalue weighted by atomic mass is 32.2. The fraction of sp³-hybridized carbons (Fsp3) is 0.0870. The molecule has 0 atom stereocenters. The summed E-state index contributed by atoms with van der Waals surface area (Å²) in [5.41, 5.74) is 9.13. The maximum atomic E-state index is 13.2. The Morgan fingerprint density at radius 1 is 0.867 bits per heavy atom. The van der Waals surface area contributed by atoms with Gasteiger partial charge in [0.05, 0.1) is 10.4 Å². The smallest absolute Gasteiger partial charge is 0.409 e. The first-order valence-corrected chi connectivity index (χ1v) is 10.7. The predicted octanol–water partition coefficient (Wildman–Crippen LogP) is 4.62. The van der Waals surface area contributed by atoms with E-state index in [4.69, 9.17) is 10.5 Å². The third-order valence-electron chi connectivity index (χ3n) is 4.84. The quantitative estimate of drug-likeness (QED) is 0.521. The van der Waals surface area contributed by atoms with Gasteiger partial charge in [0.1, 0.15) is 5.75 Å². The van der Waals surface area contributed by atoms with E-state index in [0.717, 1.165) is 27.6 Å². The van der Waals surface area contributed by atoms with Crippen molar-refractivity contribution in [3.63, 3.8) is 0 Å². The topological polar surface area (TPSA) is 91.4 Å². The van der Waals surface area contributed by atoms with Gasteiger partial charge in [-0.3, -0.25) is 0 Å². The molecule has 0 saturated carbocycles. The van der Waals surface area contributed by atoms with Gasteiger partial charge in [-0.2, -0.15) is 0 Å². The van der Waals surface area contributed by atoms with Crippen molar-refractivity contribution in [3.8, 4) is 16.9 Å². The lowest BCUT2D eigenvalue weighted by atomic mass is 10.0. The molecule has 4 rings (SSSR count). The Kier molecular flexibility index (Phi) is 4.83. The number of rotatable bonds is 4. The number of nitrogens with zero attached hydrogens (tertiary/aromatic N) is 1. The summed E-state index contributed by atoms with van der Waals surface area (Å²) in [4.78, 5) is 11.3. The molecule has 152 valence electrons. The van der Waals surface area contributed by atoms with Crippen LogP contribution in [-0.4, -0.2) is 18.5 Å². The van der Waals surface area contributed by atoms with E-state index in [1.54, 1.807) is 48.7 Å². The van der Waals surface area contributed by atoms with Gasteiger partial charge in [-0.25, -0.2) is 17.2 Å². The molecule has 0 fully saturated rings. The highest BCUT2D eigenvalue weighted by Crippen LogP contribution is 2.30. The van der Waals surface area contributed by atoms with Crippen molar-refractivity contribution in [3.05, 3.63) is 84.1 Å². The molecule has 1 amide bonds. The minimum absolute atomic E-state index is 0.226. The van der Waals surface area contributed by atoms with E-state index in [0.29, 0.717) is 11.3 Å². The summed E-state index contributed by atoms with van der Waals surface area (Å²) >= 11 is 0. The first-order valence-electron chi connectivity index (χ1n) is 9.27. The molecule has 1 heterocycles. The van der Waals surface area contributed by atoms with Crippen LogP contribution in [-0.2, 0) is 10.0 Å². The lowest BCUT2D eigenvalue weighted by molar-refractivity contribution is 0.211. The zero-order valence-corrected chi connectivity index (χ0v) is 17.3. The summed E-state index contributed by atoms with van der Waals surface area (Å²) < 4.78 is 32.7. The molecular formula is C23H20N2O4S. The van der Waals surface area contributed by atoms with Gasteiger partial charge >= 0.3 is 6.09 Å². The Hall–Kier alpha value is -3.58. The van der Waals surface area contributed by atoms with Crippen molar-refractivity contribution in [2.24, 2.45) is 5.73 Å². The molecule has 0 unspecified atom stereocenters. The molecule has 3 aromatic carbocycles. The fourth-order valence-electron chi connectivity index (χ4n) is 3.41. The van der Waals surface area contributed by atoms with Crippen molar-refractivity contribution in [2.75, 3.05) is 0 Å².